The van der Waals surface area contributed by atoms with E-state index in [4.69, 9.17) is 25.8 Å². The van der Waals surface area contributed by atoms with Crippen LogP contribution in [0.4, 0.5) is 16.3 Å². The highest BCUT2D eigenvalue weighted by Crippen LogP contribution is 2.40. The number of nitrogens with one attached hydrogen (secondary N) is 3. The third kappa shape index (κ3) is 8.49. The Morgan fingerprint density at radius 1 is 0.977 bits per heavy atom. The minimum Gasteiger partial charge on any atom is -0.497 e. The number of rotatable bonds is 11. The first-order valence-corrected chi connectivity index (χ1v) is 15.0. The van der Waals surface area contributed by atoms with E-state index in [0.29, 0.717) is 11.4 Å². The summed E-state index contributed by atoms with van der Waals surface area (Å²) < 4.78 is 46.3. The van der Waals surface area contributed by atoms with Crippen LogP contribution in [0.3, 0.4) is 0 Å². The number of ether oxygens (including phenoxy) is 3. The van der Waals surface area contributed by atoms with Crippen LogP contribution in [0.2, 0.25) is 5.02 Å². The molecule has 0 fully saturated rings. The molecule has 0 aliphatic rings. The Labute approximate surface area is 255 Å². The van der Waals surface area contributed by atoms with Crippen LogP contribution in [0.1, 0.15) is 26.3 Å². The van der Waals surface area contributed by atoms with E-state index >= 15 is 0 Å². The molecule has 0 aliphatic carbocycles. The number of benzene rings is 3. The first-order valence-electron chi connectivity index (χ1n) is 13.2. The van der Waals surface area contributed by atoms with Gasteiger partial charge in [-0.3, -0.25) is 4.72 Å². The summed E-state index contributed by atoms with van der Waals surface area (Å²) in [5, 5.41) is 5.60. The highest BCUT2D eigenvalue weighted by atomic mass is 35.5. The molecule has 0 unspecified atom stereocenters. The molecule has 4 rings (SSSR count). The third-order valence-corrected chi connectivity index (χ3v) is 7.71. The summed E-state index contributed by atoms with van der Waals surface area (Å²) in [5.74, 6) is 0.198. The van der Waals surface area contributed by atoms with Crippen LogP contribution < -0.4 is 29.6 Å². The molecule has 0 aliphatic heterocycles. The van der Waals surface area contributed by atoms with Crippen molar-refractivity contribution in [3.05, 3.63) is 89.7 Å². The zero-order chi connectivity index (χ0) is 31.0. The quantitative estimate of drug-likeness (QED) is 0.167. The topological polar surface area (TPSA) is 141 Å². The molecule has 43 heavy (non-hydrogen) atoms. The molecule has 0 atom stereocenters. The van der Waals surface area contributed by atoms with Gasteiger partial charge in [0.05, 0.1) is 23.6 Å². The van der Waals surface area contributed by atoms with Crippen molar-refractivity contribution < 1.29 is 27.4 Å². The summed E-state index contributed by atoms with van der Waals surface area (Å²) in [4.78, 5) is 20.5. The molecular formula is C30H32ClN5O6S. The fraction of sp³-hybridized carbons (Fsp3) is 0.233. The summed E-state index contributed by atoms with van der Waals surface area (Å²) in [6.45, 7) is 6.19. The van der Waals surface area contributed by atoms with Gasteiger partial charge in [0.15, 0.2) is 5.82 Å². The Morgan fingerprint density at radius 3 is 2.37 bits per heavy atom. The van der Waals surface area contributed by atoms with E-state index in [0.717, 1.165) is 11.9 Å². The second-order valence-corrected chi connectivity index (χ2v) is 12.3. The number of methoxy groups -OCH3 is 1. The lowest BCUT2D eigenvalue weighted by Gasteiger charge is -2.19. The lowest BCUT2D eigenvalue weighted by molar-refractivity contribution is 0.245. The van der Waals surface area contributed by atoms with Crippen molar-refractivity contribution in [2.45, 2.75) is 31.1 Å². The SMILES string of the molecule is COc1ccc(Cl)c(Oc2c(NS(=O)(=O)c3ccc(C(C)(C)C)cc3)ncnc2OCCNC(=O)Nc2ccccc2)c1. The summed E-state index contributed by atoms with van der Waals surface area (Å²) in [6, 6.07) is 19.8. The fourth-order valence-corrected chi connectivity index (χ4v) is 4.92. The zero-order valence-electron chi connectivity index (χ0n) is 24.0. The molecule has 0 saturated carbocycles. The van der Waals surface area contributed by atoms with Crippen LogP contribution in [0.25, 0.3) is 0 Å². The van der Waals surface area contributed by atoms with Gasteiger partial charge in [-0.2, -0.15) is 4.98 Å². The molecule has 2 amide bonds. The van der Waals surface area contributed by atoms with E-state index in [1.165, 1.54) is 25.3 Å². The molecule has 0 spiro atoms. The number of urea groups is 1. The van der Waals surface area contributed by atoms with Gasteiger partial charge >= 0.3 is 6.03 Å². The van der Waals surface area contributed by atoms with Crippen molar-refractivity contribution in [1.82, 2.24) is 15.3 Å². The van der Waals surface area contributed by atoms with Crippen molar-refractivity contribution >= 4 is 39.2 Å². The molecule has 13 heteroatoms. The van der Waals surface area contributed by atoms with Gasteiger partial charge in [0.2, 0.25) is 5.75 Å². The maximum atomic E-state index is 13.4. The lowest BCUT2D eigenvalue weighted by atomic mass is 9.87. The Bertz CT molecular complexity index is 1660. The van der Waals surface area contributed by atoms with Gasteiger partial charge in [0, 0.05) is 11.8 Å². The molecule has 4 aromatic rings. The largest absolute Gasteiger partial charge is 0.497 e. The summed E-state index contributed by atoms with van der Waals surface area (Å²) in [7, 11) is -2.61. The second-order valence-electron chi connectivity index (χ2n) is 10.2. The van der Waals surface area contributed by atoms with E-state index in [9.17, 15) is 13.2 Å². The average molecular weight is 626 g/mol. The maximum absolute atomic E-state index is 13.4. The number of aromatic nitrogens is 2. The van der Waals surface area contributed by atoms with Gasteiger partial charge in [-0.1, -0.05) is 62.7 Å². The fourth-order valence-electron chi connectivity index (χ4n) is 3.75. The van der Waals surface area contributed by atoms with Crippen molar-refractivity contribution in [1.29, 1.82) is 0 Å². The van der Waals surface area contributed by atoms with Crippen LogP contribution >= 0.6 is 11.6 Å². The molecule has 0 saturated heterocycles. The lowest BCUT2D eigenvalue weighted by Crippen LogP contribution is -2.32. The van der Waals surface area contributed by atoms with E-state index in [1.807, 2.05) is 26.8 Å². The van der Waals surface area contributed by atoms with Gasteiger partial charge in [0.1, 0.15) is 24.4 Å². The number of sulfonamides is 1. The van der Waals surface area contributed by atoms with Gasteiger partial charge in [-0.25, -0.2) is 18.2 Å². The number of amides is 2. The van der Waals surface area contributed by atoms with Crippen molar-refractivity contribution in [2.24, 2.45) is 0 Å². The van der Waals surface area contributed by atoms with Crippen LogP contribution in [-0.4, -0.2) is 44.7 Å². The summed E-state index contributed by atoms with van der Waals surface area (Å²) >= 11 is 6.36. The van der Waals surface area contributed by atoms with Crippen LogP contribution in [0.5, 0.6) is 23.1 Å². The number of para-hydroxylation sites is 1. The van der Waals surface area contributed by atoms with Crippen LogP contribution in [0.15, 0.2) is 84.0 Å². The first-order chi connectivity index (χ1) is 20.5. The molecule has 0 bridgehead atoms. The number of halogens is 1. The standard InChI is InChI=1S/C30H32ClN5O6S/c1-30(2,3)20-10-13-23(14-11-20)43(38,39)36-27-26(42-25-18-22(40-4)12-15-24(25)31)28(34-19-33-27)41-17-16-32-29(37)35-21-8-6-5-7-9-21/h5-15,18-19H,16-17H2,1-4H3,(H2,32,35,37)(H,33,34,36). The van der Waals surface area contributed by atoms with Gasteiger partial charge in [-0.05, 0) is 47.4 Å². The average Bonchev–Trinajstić information content (AvgIpc) is 2.97. The molecule has 1 heterocycles. The van der Waals surface area contributed by atoms with Crippen molar-refractivity contribution in [3.8, 4) is 23.1 Å². The highest BCUT2D eigenvalue weighted by molar-refractivity contribution is 7.92. The molecule has 226 valence electrons. The number of anilines is 2. The summed E-state index contributed by atoms with van der Waals surface area (Å²) in [5.41, 5.74) is 1.46. The molecular weight excluding hydrogens is 594 g/mol. The molecule has 3 N–H and O–H groups in total. The normalized spacial score (nSPS) is 11.4. The predicted molar refractivity (Wildman–Crippen MR) is 165 cm³/mol. The van der Waals surface area contributed by atoms with E-state index in [1.54, 1.807) is 48.5 Å². The predicted octanol–water partition coefficient (Wildman–Crippen LogP) is 6.23. The number of hydrogen-bond donors (Lipinski definition) is 3. The van der Waals surface area contributed by atoms with Crippen LogP contribution in [-0.2, 0) is 15.4 Å². The van der Waals surface area contributed by atoms with Crippen molar-refractivity contribution in [2.75, 3.05) is 30.3 Å². The second kappa shape index (κ2) is 13.6. The molecule has 0 radical (unpaired) electrons. The monoisotopic (exact) mass is 625 g/mol. The Morgan fingerprint density at radius 2 is 1.70 bits per heavy atom. The van der Waals surface area contributed by atoms with E-state index in [2.05, 4.69) is 25.3 Å². The molecule has 11 nitrogen and oxygen atoms in total. The van der Waals surface area contributed by atoms with Gasteiger partial charge < -0.3 is 24.8 Å². The zero-order valence-corrected chi connectivity index (χ0v) is 25.6. The van der Waals surface area contributed by atoms with E-state index in [-0.39, 0.29) is 51.7 Å². The summed E-state index contributed by atoms with van der Waals surface area (Å²) in [6.07, 6.45) is 1.13. The minimum atomic E-state index is -4.10. The van der Waals surface area contributed by atoms with Crippen molar-refractivity contribution in [3.63, 3.8) is 0 Å². The Hall–Kier alpha value is -4.55. The molecule has 3 aromatic carbocycles. The minimum absolute atomic E-state index is 0.0259. The van der Waals surface area contributed by atoms with Gasteiger partial charge in [-0.15, -0.1) is 0 Å². The number of hydrogen-bond acceptors (Lipinski definition) is 8. The number of nitrogens with zero attached hydrogens (tertiary/aromatic N) is 2. The smallest absolute Gasteiger partial charge is 0.319 e. The van der Waals surface area contributed by atoms with Crippen LogP contribution in [0, 0.1) is 0 Å². The Kier molecular flexibility index (Phi) is 9.94. The highest BCUT2D eigenvalue weighted by Gasteiger charge is 2.24. The molecule has 1 aromatic heterocycles. The number of carbonyl (C=O) groups excluding carboxylic acids is 1. The number of carbonyl (C=O) groups is 1. The first kappa shape index (κ1) is 31.4. The third-order valence-electron chi connectivity index (χ3n) is 6.04. The maximum Gasteiger partial charge on any atom is 0.319 e. The Balaban J connectivity index is 1.57. The van der Waals surface area contributed by atoms with E-state index < -0.39 is 16.1 Å². The van der Waals surface area contributed by atoms with Gasteiger partial charge in [0.25, 0.3) is 15.9 Å².